The molecule has 5 aromatic rings. The second-order valence-corrected chi connectivity index (χ2v) is 16.4. The number of hydrogen-bond donors (Lipinski definition) is 4. The van der Waals surface area contributed by atoms with Crippen molar-refractivity contribution in [2.45, 2.75) is 51.6 Å². The fourth-order valence-corrected chi connectivity index (χ4v) is 7.25. The van der Waals surface area contributed by atoms with Gasteiger partial charge in [0.25, 0.3) is 17.4 Å². The van der Waals surface area contributed by atoms with Gasteiger partial charge in [-0.25, -0.2) is 19.3 Å². The Morgan fingerprint density at radius 2 is 1.61 bits per heavy atom. The SMILES string of the molecule is CC(C)(C)OC(=O)Nc1cc(-c2cccc(C3CC3)c2)cnc1C(=O)NCCOCCNCC(=O)N1CCN(C(=O)c2cc(Cc3n[nH]c(=O)c4ccccc34)ccc2F)CC1. The van der Waals surface area contributed by atoms with Gasteiger partial charge in [-0.15, -0.1) is 0 Å². The van der Waals surface area contributed by atoms with E-state index < -0.39 is 29.3 Å². The Balaban J connectivity index is 0.824. The van der Waals surface area contributed by atoms with Crippen LogP contribution in [0.25, 0.3) is 21.9 Å². The van der Waals surface area contributed by atoms with Crippen LogP contribution >= 0.6 is 0 Å². The van der Waals surface area contributed by atoms with Crippen molar-refractivity contribution in [3.63, 3.8) is 0 Å². The number of nitrogens with zero attached hydrogens (tertiary/aromatic N) is 4. The molecule has 2 aliphatic rings. The topological polar surface area (TPSA) is 188 Å². The van der Waals surface area contributed by atoms with E-state index in [-0.39, 0.29) is 74.2 Å². The third-order valence-electron chi connectivity index (χ3n) is 10.6. The van der Waals surface area contributed by atoms with Gasteiger partial charge in [-0.1, -0.05) is 48.5 Å². The van der Waals surface area contributed by atoms with E-state index in [4.69, 9.17) is 9.47 Å². The molecule has 15 nitrogen and oxygen atoms in total. The van der Waals surface area contributed by atoms with Crippen molar-refractivity contribution in [3.8, 4) is 11.1 Å². The number of H-pyrrole nitrogens is 1. The van der Waals surface area contributed by atoms with E-state index in [1.54, 1.807) is 62.2 Å². The molecule has 324 valence electrons. The van der Waals surface area contributed by atoms with E-state index in [2.05, 4.69) is 43.3 Å². The predicted octanol–water partition coefficient (Wildman–Crippen LogP) is 5.26. The lowest BCUT2D eigenvalue weighted by Crippen LogP contribution is -2.52. The third-order valence-corrected chi connectivity index (χ3v) is 10.6. The van der Waals surface area contributed by atoms with Crippen molar-refractivity contribution in [3.05, 3.63) is 123 Å². The molecule has 1 saturated heterocycles. The largest absolute Gasteiger partial charge is 0.444 e. The van der Waals surface area contributed by atoms with E-state index in [0.717, 1.165) is 11.1 Å². The van der Waals surface area contributed by atoms with Gasteiger partial charge in [-0.05, 0) is 80.5 Å². The van der Waals surface area contributed by atoms with E-state index in [0.29, 0.717) is 47.6 Å². The third kappa shape index (κ3) is 11.2. The lowest BCUT2D eigenvalue weighted by atomic mass is 10.0. The number of halogens is 1. The van der Waals surface area contributed by atoms with E-state index in [1.165, 1.54) is 35.4 Å². The molecule has 4 amide bonds. The Kier molecular flexibility index (Phi) is 13.7. The number of amides is 4. The molecule has 3 heterocycles. The smallest absolute Gasteiger partial charge is 0.412 e. The molecule has 16 heteroatoms. The molecule has 0 bridgehead atoms. The zero-order chi connectivity index (χ0) is 43.8. The number of rotatable bonds is 15. The Hall–Kier alpha value is -6.52. The predicted molar refractivity (Wildman–Crippen MR) is 232 cm³/mol. The summed E-state index contributed by atoms with van der Waals surface area (Å²) in [5.41, 5.74) is 3.37. The van der Waals surface area contributed by atoms with Gasteiger partial charge in [-0.2, -0.15) is 5.10 Å². The normalized spacial score (nSPS) is 14.1. The van der Waals surface area contributed by atoms with Crippen LogP contribution in [0.4, 0.5) is 14.9 Å². The highest BCUT2D eigenvalue weighted by atomic mass is 19.1. The van der Waals surface area contributed by atoms with Crippen LogP contribution in [0.3, 0.4) is 0 Å². The lowest BCUT2D eigenvalue weighted by molar-refractivity contribution is -0.131. The highest BCUT2D eigenvalue weighted by Crippen LogP contribution is 2.41. The summed E-state index contributed by atoms with van der Waals surface area (Å²) in [7, 11) is 0. The Labute approximate surface area is 358 Å². The first kappa shape index (κ1) is 43.6. The first-order valence-corrected chi connectivity index (χ1v) is 20.8. The average molecular weight is 847 g/mol. The number of aromatic nitrogens is 3. The highest BCUT2D eigenvalue weighted by molar-refractivity contribution is 6.02. The summed E-state index contributed by atoms with van der Waals surface area (Å²) in [6, 6.07) is 21.4. The lowest BCUT2D eigenvalue weighted by Gasteiger charge is -2.35. The number of benzene rings is 3. The zero-order valence-electron chi connectivity index (χ0n) is 35.1. The van der Waals surface area contributed by atoms with Crippen molar-refractivity contribution in [2.75, 3.05) is 64.3 Å². The van der Waals surface area contributed by atoms with Crippen LogP contribution in [0.2, 0.25) is 0 Å². The van der Waals surface area contributed by atoms with Crippen LogP contribution in [0.15, 0.2) is 83.8 Å². The number of carbonyl (C=O) groups excluding carboxylic acids is 4. The maximum Gasteiger partial charge on any atom is 0.412 e. The maximum atomic E-state index is 15.0. The summed E-state index contributed by atoms with van der Waals surface area (Å²) in [6.07, 6.45) is 3.53. The first-order chi connectivity index (χ1) is 29.8. The van der Waals surface area contributed by atoms with Gasteiger partial charge < -0.3 is 29.9 Å². The van der Waals surface area contributed by atoms with Gasteiger partial charge in [0.2, 0.25) is 5.91 Å². The molecule has 4 N–H and O–H groups in total. The number of piperazine rings is 1. The van der Waals surface area contributed by atoms with Gasteiger partial charge in [0.05, 0.1) is 42.1 Å². The van der Waals surface area contributed by atoms with Gasteiger partial charge in [0.15, 0.2) is 5.69 Å². The number of carbonyl (C=O) groups is 4. The highest BCUT2D eigenvalue weighted by Gasteiger charge is 2.27. The second-order valence-electron chi connectivity index (χ2n) is 16.4. The Bertz CT molecular complexity index is 2510. The van der Waals surface area contributed by atoms with E-state index >= 15 is 0 Å². The Morgan fingerprint density at radius 3 is 2.37 bits per heavy atom. The number of hydrogen-bond acceptors (Lipinski definition) is 10. The number of anilines is 1. The van der Waals surface area contributed by atoms with Crippen LogP contribution in [-0.4, -0.2) is 113 Å². The van der Waals surface area contributed by atoms with Crippen LogP contribution < -0.4 is 21.5 Å². The van der Waals surface area contributed by atoms with Crippen molar-refractivity contribution in [2.24, 2.45) is 0 Å². The summed E-state index contributed by atoms with van der Waals surface area (Å²) in [6.45, 7) is 7.48. The quantitative estimate of drug-likeness (QED) is 0.101. The summed E-state index contributed by atoms with van der Waals surface area (Å²) >= 11 is 0. The molecule has 1 saturated carbocycles. The fraction of sp³-hybridized carbons (Fsp3) is 0.370. The fourth-order valence-electron chi connectivity index (χ4n) is 7.25. The number of pyridine rings is 1. The van der Waals surface area contributed by atoms with Crippen LogP contribution in [0.5, 0.6) is 0 Å². The monoisotopic (exact) mass is 846 g/mol. The molecule has 7 rings (SSSR count). The molecule has 2 fully saturated rings. The number of ether oxygens (including phenoxy) is 2. The molecule has 1 aliphatic heterocycles. The summed E-state index contributed by atoms with van der Waals surface area (Å²) < 4.78 is 26.1. The molecule has 3 aromatic carbocycles. The molecule has 1 aliphatic carbocycles. The summed E-state index contributed by atoms with van der Waals surface area (Å²) in [5, 5.41) is 16.4. The van der Waals surface area contributed by atoms with Gasteiger partial charge in [0.1, 0.15) is 11.4 Å². The molecule has 0 spiro atoms. The summed E-state index contributed by atoms with van der Waals surface area (Å²) in [5.74, 6) is -1.16. The second kappa shape index (κ2) is 19.5. The first-order valence-electron chi connectivity index (χ1n) is 20.8. The average Bonchev–Trinajstić information content (AvgIpc) is 4.12. The van der Waals surface area contributed by atoms with Crippen molar-refractivity contribution in [1.29, 1.82) is 0 Å². The molecule has 0 atom stereocenters. The number of nitrogens with one attached hydrogen (secondary N) is 4. The zero-order valence-corrected chi connectivity index (χ0v) is 35.1. The minimum atomic E-state index is -0.740. The Morgan fingerprint density at radius 1 is 0.871 bits per heavy atom. The van der Waals surface area contributed by atoms with Gasteiger partial charge in [0, 0.05) is 62.8 Å². The number of fused-ring (bicyclic) bond motifs is 1. The standard InChI is InChI=1S/C46H51FN8O7/c1-46(2,3)62-45(60)51-39-26-33(32-8-6-7-31(25-32)30-12-13-30)27-50-41(39)43(58)49-16-22-61-21-15-48-28-40(56)54-17-19-55(20-18-54)44(59)36-23-29(11-14-37(36)47)24-38-34-9-4-5-10-35(34)42(57)53-52-38/h4-11,14,23,25-27,30,48H,12-13,15-22,24,28H2,1-3H3,(H,49,58)(H,51,60)(H,53,57). The molecule has 0 radical (unpaired) electrons. The molecular weight excluding hydrogens is 796 g/mol. The van der Waals surface area contributed by atoms with E-state index in [1.807, 2.05) is 18.2 Å². The maximum absolute atomic E-state index is 15.0. The van der Waals surface area contributed by atoms with Crippen molar-refractivity contribution in [1.82, 2.24) is 35.6 Å². The van der Waals surface area contributed by atoms with E-state index in [9.17, 15) is 28.4 Å². The van der Waals surface area contributed by atoms with Crippen molar-refractivity contribution >= 4 is 40.3 Å². The van der Waals surface area contributed by atoms with Crippen LogP contribution in [0.1, 0.15) is 77.2 Å². The number of aromatic amines is 1. The minimum absolute atomic E-state index is 0.0376. The molecule has 0 unspecified atom stereocenters. The van der Waals surface area contributed by atoms with Gasteiger partial charge in [-0.3, -0.25) is 24.5 Å². The molecular formula is C46H51FN8O7. The molecule has 62 heavy (non-hydrogen) atoms. The van der Waals surface area contributed by atoms with Crippen molar-refractivity contribution < 1.29 is 33.0 Å². The van der Waals surface area contributed by atoms with Crippen LogP contribution in [0, 0.1) is 5.82 Å². The molecule has 2 aromatic heterocycles. The van der Waals surface area contributed by atoms with Gasteiger partial charge >= 0.3 is 6.09 Å². The summed E-state index contributed by atoms with van der Waals surface area (Å²) in [4.78, 5) is 72.1. The van der Waals surface area contributed by atoms with Crippen LogP contribution in [-0.2, 0) is 20.7 Å². The minimum Gasteiger partial charge on any atom is -0.444 e.